The van der Waals surface area contributed by atoms with Crippen molar-refractivity contribution in [3.05, 3.63) is 479 Å². The topological polar surface area (TPSA) is 49.1 Å². The van der Waals surface area contributed by atoms with E-state index >= 15 is 0 Å². The van der Waals surface area contributed by atoms with E-state index in [2.05, 4.69) is 482 Å². The van der Waals surface area contributed by atoms with Crippen LogP contribution in [0.3, 0.4) is 0 Å². The summed E-state index contributed by atoms with van der Waals surface area (Å²) in [6.45, 7) is 0. The van der Waals surface area contributed by atoms with Crippen molar-refractivity contribution in [3.63, 3.8) is 0 Å². The molecule has 642 valence electrons. The lowest BCUT2D eigenvalue weighted by Crippen LogP contribution is -2.10. The van der Waals surface area contributed by atoms with Crippen LogP contribution >= 0.6 is 34.0 Å². The van der Waals surface area contributed by atoms with Gasteiger partial charge in [0.2, 0.25) is 0 Å². The van der Waals surface area contributed by atoms with E-state index in [1.54, 1.807) is 0 Å². The minimum Gasteiger partial charge on any atom is -0.455 e. The summed E-state index contributed by atoms with van der Waals surface area (Å²) in [6, 6.07) is 172. The second kappa shape index (κ2) is 32.9. The van der Waals surface area contributed by atoms with Gasteiger partial charge >= 0.3 is 0 Å². The highest BCUT2D eigenvalue weighted by Crippen LogP contribution is 2.54. The van der Waals surface area contributed by atoms with Gasteiger partial charge in [-0.25, -0.2) is 0 Å². The highest BCUT2D eigenvalue weighted by atomic mass is 32.1. The Hall–Kier alpha value is -17.2. The molecule has 0 atom stereocenters. The van der Waals surface area contributed by atoms with Gasteiger partial charge in [0.15, 0.2) is 5.58 Å². The van der Waals surface area contributed by atoms with E-state index in [0.717, 1.165) is 127 Å². The van der Waals surface area contributed by atoms with Gasteiger partial charge in [-0.15, -0.1) is 34.0 Å². The average molecular weight is 1800 g/mol. The van der Waals surface area contributed by atoms with E-state index in [-0.39, 0.29) is 0 Å². The zero-order chi connectivity index (χ0) is 90.1. The van der Waals surface area contributed by atoms with Crippen molar-refractivity contribution in [2.24, 2.45) is 0 Å². The lowest BCUT2D eigenvalue weighted by molar-refractivity contribution is 0.669. The molecule has 0 saturated carbocycles. The van der Waals surface area contributed by atoms with Crippen molar-refractivity contribution >= 4 is 265 Å². The van der Waals surface area contributed by atoms with Crippen molar-refractivity contribution in [1.82, 2.24) is 0 Å². The Morgan fingerprint density at radius 1 is 0.153 bits per heavy atom. The van der Waals surface area contributed by atoms with Gasteiger partial charge in [0.25, 0.3) is 0 Å². The Labute approximate surface area is 799 Å². The van der Waals surface area contributed by atoms with Crippen molar-refractivity contribution in [2.45, 2.75) is 0 Å². The molecule has 0 bridgehead atoms. The molecule has 0 saturated heterocycles. The van der Waals surface area contributed by atoms with E-state index in [0.29, 0.717) is 0 Å². The zero-order valence-electron chi connectivity index (χ0n) is 73.9. The number of benzene rings is 23. The monoisotopic (exact) mass is 1800 g/mol. The summed E-state index contributed by atoms with van der Waals surface area (Å²) in [6.07, 6.45) is 0. The number of fused-ring (bicyclic) bond motifs is 27. The maximum atomic E-state index is 6.78. The number of hydrogen-bond donors (Lipinski definition) is 0. The summed E-state index contributed by atoms with van der Waals surface area (Å²) >= 11 is 5.59. The fraction of sp³-hybridized carbons (Fsp3) is 0. The van der Waals surface area contributed by atoms with Crippen molar-refractivity contribution < 1.29 is 13.3 Å². The maximum Gasteiger partial charge on any atom is 0.159 e. The van der Waals surface area contributed by atoms with Crippen molar-refractivity contribution in [2.75, 3.05) is 14.7 Å². The molecular weight excluding hydrogens is 1720 g/mol. The molecule has 6 aromatic heterocycles. The molecule has 0 aliphatic carbocycles. The van der Waals surface area contributed by atoms with Gasteiger partial charge in [-0.05, 0) is 182 Å². The lowest BCUT2D eigenvalue weighted by atomic mass is 9.96. The van der Waals surface area contributed by atoms with Crippen LogP contribution in [0, 0.1) is 0 Å². The molecule has 0 spiro atoms. The summed E-state index contributed by atoms with van der Waals surface area (Å²) in [5, 5.41) is 26.3. The largest absolute Gasteiger partial charge is 0.455 e. The van der Waals surface area contributed by atoms with Crippen molar-refractivity contribution in [1.29, 1.82) is 0 Å². The second-order valence-corrected chi connectivity index (χ2v) is 38.3. The third-order valence-electron chi connectivity index (χ3n) is 27.4. The number of rotatable bonds is 12. The molecule has 0 fully saturated rings. The van der Waals surface area contributed by atoms with Crippen LogP contribution in [0.15, 0.2) is 492 Å². The van der Waals surface area contributed by atoms with Gasteiger partial charge in [-0.3, -0.25) is 0 Å². The van der Waals surface area contributed by atoms with Crippen LogP contribution in [0.1, 0.15) is 0 Å². The van der Waals surface area contributed by atoms with Crippen LogP contribution in [-0.4, -0.2) is 0 Å². The third-order valence-corrected chi connectivity index (χ3v) is 31.0. The molecule has 137 heavy (non-hydrogen) atoms. The summed E-state index contributed by atoms with van der Waals surface area (Å²) in [4.78, 5) is 7.24. The molecule has 0 unspecified atom stereocenters. The normalized spacial score (nSPS) is 11.8. The molecule has 0 radical (unpaired) electrons. The molecule has 0 aliphatic heterocycles. The quantitative estimate of drug-likeness (QED) is 0.121. The molecule has 0 N–H and O–H groups in total. The van der Waals surface area contributed by atoms with Crippen LogP contribution < -0.4 is 14.7 Å². The van der Waals surface area contributed by atoms with E-state index in [4.69, 9.17) is 13.3 Å². The number of thiophene rings is 3. The van der Waals surface area contributed by atoms with E-state index in [9.17, 15) is 0 Å². The molecule has 29 rings (SSSR count). The van der Waals surface area contributed by atoms with Gasteiger partial charge in [-0.2, -0.15) is 0 Å². The first-order valence-corrected chi connectivity index (χ1v) is 48.8. The Kier molecular flexibility index (Phi) is 19.1. The average Bonchev–Trinajstić information content (AvgIpc) is 1.59. The highest BCUT2D eigenvalue weighted by Gasteiger charge is 2.28. The van der Waals surface area contributed by atoms with Gasteiger partial charge in [0, 0.05) is 133 Å². The zero-order valence-corrected chi connectivity index (χ0v) is 76.4. The number of furan rings is 3. The van der Waals surface area contributed by atoms with E-state index in [1.807, 2.05) is 46.1 Å². The smallest absolute Gasteiger partial charge is 0.159 e. The van der Waals surface area contributed by atoms with Crippen molar-refractivity contribution in [3.8, 4) is 33.4 Å². The lowest BCUT2D eigenvalue weighted by Gasteiger charge is -2.28. The summed E-state index contributed by atoms with van der Waals surface area (Å²) in [5.41, 5.74) is 22.7. The van der Waals surface area contributed by atoms with Gasteiger partial charge < -0.3 is 28.0 Å². The first-order chi connectivity index (χ1) is 67.9. The molecule has 23 aromatic carbocycles. The van der Waals surface area contributed by atoms with Gasteiger partial charge in [0.1, 0.15) is 27.9 Å². The first-order valence-electron chi connectivity index (χ1n) is 46.4. The number of nitrogens with zero attached hydrogens (tertiary/aromatic N) is 3. The summed E-state index contributed by atoms with van der Waals surface area (Å²) in [5.74, 6) is 0. The van der Waals surface area contributed by atoms with Crippen LogP contribution in [0.25, 0.3) is 214 Å². The molecule has 9 heteroatoms. The summed E-state index contributed by atoms with van der Waals surface area (Å²) in [7, 11) is 0. The second-order valence-electron chi connectivity index (χ2n) is 35.1. The van der Waals surface area contributed by atoms with Crippen LogP contribution in [0.2, 0.25) is 0 Å². The molecule has 29 aromatic rings. The third kappa shape index (κ3) is 13.5. The Morgan fingerprint density at radius 3 is 1.15 bits per heavy atom. The molecule has 6 heterocycles. The SMILES string of the molecule is c1ccc(-c2ccc(N(c3cc4c5ccc6ccccc6c5oc4c4ccccc34)c3cccc4c3sc3ccccc34)cc2)cc1.c1ccc(-c2ccc(N(c3ccc4oc5c6ccccc6ccc5c4c3)c3cccc4c3sc3ccccc34)c3ccccc23)cc1.c1ccc(-c2ccc(N(c3ccc4sc5c6ccccc6ccc5c4c3)c3cccc4c3oc3ccccc34)cc2)cc1. The summed E-state index contributed by atoms with van der Waals surface area (Å²) < 4.78 is 27.6. The molecule has 6 nitrogen and oxygen atoms in total. The fourth-order valence-electron chi connectivity index (χ4n) is 20.9. The predicted octanol–water partition coefficient (Wildman–Crippen LogP) is 39.0. The van der Waals surface area contributed by atoms with E-state index < -0.39 is 0 Å². The van der Waals surface area contributed by atoms with E-state index in [1.165, 1.54) is 138 Å². The number of hydrogen-bond acceptors (Lipinski definition) is 9. The van der Waals surface area contributed by atoms with Gasteiger partial charge in [0.05, 0.1) is 37.8 Å². The molecular formula is C128H79N3O3S3. The highest BCUT2D eigenvalue weighted by molar-refractivity contribution is 7.27. The van der Waals surface area contributed by atoms with Gasteiger partial charge in [-0.1, -0.05) is 358 Å². The minimum atomic E-state index is 0.886. The molecule has 0 amide bonds. The number of anilines is 9. The predicted molar refractivity (Wildman–Crippen MR) is 588 cm³/mol. The fourth-order valence-corrected chi connectivity index (χ4v) is 24.6. The number of para-hydroxylation sites is 2. The van der Waals surface area contributed by atoms with Crippen LogP contribution in [0.5, 0.6) is 0 Å². The molecule has 0 aliphatic rings. The first kappa shape index (κ1) is 79.6. The Balaban J connectivity index is 0.000000104. The Bertz CT molecular complexity index is 9730. The maximum absolute atomic E-state index is 6.78. The standard InChI is InChI=1S/2C44H27NOS.C40H25NOS/c1-2-11-28(12-3-1)29-21-24-31(25-22-29)45(39-19-10-18-37-34-16-8-9-20-41(34)47-44(37)39)40-27-38-36-26-23-30-13-4-5-14-32(30)42(36)46-43(38)35-17-7-6-15-33(35)40;1-2-11-28(12-3-1)31-24-25-39(34-16-7-6-15-33(31)34)45(40-19-10-18-37-35-17-8-9-20-42(35)47-44(37)40)30-22-26-41-38(27-30)36-23-21-29-13-4-5-14-32(29)43(36)46-41;1-2-9-26(10-3-1)27-17-20-29(21-18-27)41(36-15-8-14-33-32-13-6-7-16-37(32)42-39(33)36)30-22-24-38-35(25-30)34-23-19-28-11-4-5-12-31(28)40(34)43-38/h2*1-27H;1-25H. The van der Waals surface area contributed by atoms with Crippen LogP contribution in [-0.2, 0) is 0 Å². The van der Waals surface area contributed by atoms with Crippen LogP contribution in [0.4, 0.5) is 51.2 Å². The Morgan fingerprint density at radius 2 is 0.526 bits per heavy atom. The minimum absolute atomic E-state index is 0.886.